The van der Waals surface area contributed by atoms with Crippen molar-refractivity contribution in [1.29, 1.82) is 0 Å². The van der Waals surface area contributed by atoms with Crippen molar-refractivity contribution in [2.24, 2.45) is 0 Å². The summed E-state index contributed by atoms with van der Waals surface area (Å²) in [6, 6.07) is 0. The van der Waals surface area contributed by atoms with Crippen molar-refractivity contribution < 1.29 is 62.3 Å². The Bertz CT molecular complexity index is 6.00. The molecule has 0 saturated heterocycles. The Kier molecular flexibility index (Phi) is 176. The normalized spacial score (nSPS) is 0. The Balaban J connectivity index is 0. The molecule has 0 rings (SSSR count). The van der Waals surface area contributed by atoms with Gasteiger partial charge in [-0.1, -0.05) is 0 Å². The van der Waals surface area contributed by atoms with Crippen LogP contribution in [-0.2, 0) is 5.48 Å². The van der Waals surface area contributed by atoms with Gasteiger partial charge in [-0.05, 0) is 0 Å². The summed E-state index contributed by atoms with van der Waals surface area (Å²) in [6.07, 6.45) is 0. The number of hydrogen-bond acceptors (Lipinski definition) is 1. The van der Waals surface area contributed by atoms with Crippen molar-refractivity contribution in [3.63, 3.8) is 0 Å². The van der Waals surface area contributed by atoms with Gasteiger partial charge in [-0.25, -0.2) is 0 Å². The molecule has 16 valence electrons. The van der Waals surface area contributed by atoms with Crippen molar-refractivity contribution in [2.45, 2.75) is 0 Å². The van der Waals surface area contributed by atoms with Crippen LogP contribution in [0.2, 0.25) is 0 Å². The summed E-state index contributed by atoms with van der Waals surface area (Å²) < 4.78 is 0. The van der Waals surface area contributed by atoms with Crippen molar-refractivity contribution >= 4 is 17.4 Å². The molecule has 4 heteroatoms. The maximum absolute atomic E-state index is 0. The van der Waals surface area contributed by atoms with E-state index in [-0.39, 0.29) is 79.7 Å². The van der Waals surface area contributed by atoms with E-state index in [1.165, 1.54) is 0 Å². The van der Waals surface area contributed by atoms with E-state index in [0.29, 0.717) is 0 Å². The van der Waals surface area contributed by atoms with Gasteiger partial charge in [-0.15, -0.1) is 0 Å². The molecular weight excluding hydrogens is 98.1 g/mol. The Hall–Kier alpha value is 2.09. The monoisotopic (exact) mass is 98.9 g/mol. The van der Waals surface area contributed by atoms with E-state index < -0.39 is 0 Å². The maximum atomic E-state index is 0. The first-order valence-corrected chi connectivity index (χ1v) is 0. The second-order valence-corrected chi connectivity index (χ2v) is 0. The van der Waals surface area contributed by atoms with Crippen LogP contribution in [0, 0.1) is 0 Å². The van der Waals surface area contributed by atoms with Gasteiger partial charge in [-0.3, -0.25) is 0 Å². The number of rotatable bonds is 0. The molecule has 0 amide bonds. The standard InChI is InChI=1S/Al.K.H2O.O/h;;1H2;/q+3;+1;;-2/p-1. The molecule has 0 aromatic heterocycles. The van der Waals surface area contributed by atoms with E-state index >= 15 is 0 Å². The molecule has 0 atom stereocenters. The third-order valence-electron chi connectivity index (χ3n) is 0. The fourth-order valence-corrected chi connectivity index (χ4v) is 0. The first kappa shape index (κ1) is 36.1. The Morgan fingerprint density at radius 2 is 1.00 bits per heavy atom. The fraction of sp³-hybridized carbons (Fsp3) is 0. The van der Waals surface area contributed by atoms with Crippen molar-refractivity contribution in [3.8, 4) is 0 Å². The Labute approximate surface area is 78.1 Å². The van der Waals surface area contributed by atoms with Crippen LogP contribution < -0.4 is 51.4 Å². The van der Waals surface area contributed by atoms with Gasteiger partial charge >= 0.3 is 68.7 Å². The van der Waals surface area contributed by atoms with Gasteiger partial charge in [0.15, 0.2) is 0 Å². The van der Waals surface area contributed by atoms with Crippen LogP contribution in [0.15, 0.2) is 0 Å². The predicted octanol–water partition coefficient (Wildman–Crippen LogP) is -3.67. The molecule has 1 N–H and O–H groups in total. The van der Waals surface area contributed by atoms with Gasteiger partial charge in [0, 0.05) is 0 Å². The molecule has 2 nitrogen and oxygen atoms in total. The smallest absolute Gasteiger partial charge is 2.00 e. The summed E-state index contributed by atoms with van der Waals surface area (Å²) in [5.41, 5.74) is 0. The predicted molar refractivity (Wildman–Crippen MR) is 8.38 cm³/mol. The average molecular weight is 99.1 g/mol. The SMILES string of the molecule is [Al+3].[K+].[O-2].[OH-]. The summed E-state index contributed by atoms with van der Waals surface area (Å²) >= 11 is 0. The molecule has 0 unspecified atom stereocenters. The summed E-state index contributed by atoms with van der Waals surface area (Å²) in [5, 5.41) is 0. The van der Waals surface area contributed by atoms with E-state index in [1.807, 2.05) is 0 Å². The van der Waals surface area contributed by atoms with Gasteiger partial charge in [0.2, 0.25) is 0 Å². The average Bonchev–Trinajstić information content (AvgIpc) is 0. The summed E-state index contributed by atoms with van der Waals surface area (Å²) in [5.74, 6) is 0. The first-order valence-electron chi connectivity index (χ1n) is 0. The second-order valence-electron chi connectivity index (χ2n) is 0. The van der Waals surface area contributed by atoms with Crippen LogP contribution in [-0.4, -0.2) is 22.8 Å². The zero-order valence-electron chi connectivity index (χ0n) is 2.43. The molecule has 0 radical (unpaired) electrons. The van der Waals surface area contributed by atoms with E-state index in [4.69, 9.17) is 0 Å². The van der Waals surface area contributed by atoms with Crippen LogP contribution in [0.3, 0.4) is 0 Å². The van der Waals surface area contributed by atoms with Gasteiger partial charge < -0.3 is 11.0 Å². The van der Waals surface area contributed by atoms with Crippen LogP contribution in [0.1, 0.15) is 0 Å². The minimum Gasteiger partial charge on any atom is -2.00 e. The summed E-state index contributed by atoms with van der Waals surface area (Å²) in [6.45, 7) is 0. The molecule has 0 aliphatic rings. The summed E-state index contributed by atoms with van der Waals surface area (Å²) in [7, 11) is 0. The molecule has 0 aromatic carbocycles. The second kappa shape index (κ2) is 19.5. The summed E-state index contributed by atoms with van der Waals surface area (Å²) in [4.78, 5) is 0. The van der Waals surface area contributed by atoms with Gasteiger partial charge in [0.25, 0.3) is 0 Å². The van der Waals surface area contributed by atoms with Gasteiger partial charge in [-0.2, -0.15) is 0 Å². The van der Waals surface area contributed by atoms with Crippen molar-refractivity contribution in [2.75, 3.05) is 0 Å². The van der Waals surface area contributed by atoms with Gasteiger partial charge in [0.05, 0.1) is 0 Å². The Morgan fingerprint density at radius 3 is 1.00 bits per heavy atom. The third kappa shape index (κ3) is 8.94. The molecule has 4 heavy (non-hydrogen) atoms. The molecule has 0 heterocycles. The fourth-order valence-electron chi connectivity index (χ4n) is 0. The van der Waals surface area contributed by atoms with Crippen LogP contribution in [0.5, 0.6) is 0 Å². The van der Waals surface area contributed by atoms with Crippen LogP contribution in [0.25, 0.3) is 0 Å². The maximum Gasteiger partial charge on any atom is 3.00 e. The number of hydrogen-bond donors (Lipinski definition) is 0. The molecule has 0 fully saturated rings. The van der Waals surface area contributed by atoms with Crippen LogP contribution >= 0.6 is 0 Å². The first-order chi connectivity index (χ1) is 0. The largest absolute Gasteiger partial charge is 3.00 e. The molecule has 0 aromatic rings. The molecule has 0 spiro atoms. The Morgan fingerprint density at radius 1 is 1.00 bits per heavy atom. The third-order valence-corrected chi connectivity index (χ3v) is 0. The van der Waals surface area contributed by atoms with Gasteiger partial charge in [0.1, 0.15) is 0 Å². The quantitative estimate of drug-likeness (QED) is 0.289. The van der Waals surface area contributed by atoms with E-state index in [1.54, 1.807) is 0 Å². The molecule has 0 bridgehead atoms. The van der Waals surface area contributed by atoms with E-state index in [2.05, 4.69) is 0 Å². The zero-order chi connectivity index (χ0) is 0. The van der Waals surface area contributed by atoms with Crippen molar-refractivity contribution in [3.05, 3.63) is 0 Å². The minimum absolute atomic E-state index is 0. The molecule has 0 saturated carbocycles. The molecule has 0 aliphatic heterocycles. The van der Waals surface area contributed by atoms with E-state index in [0.717, 1.165) is 0 Å². The molecular formula is HAlKO2+. The van der Waals surface area contributed by atoms with Crippen molar-refractivity contribution in [1.82, 2.24) is 0 Å². The zero-order valence-corrected chi connectivity index (χ0v) is 6.71. The minimum atomic E-state index is 0. The van der Waals surface area contributed by atoms with E-state index in [9.17, 15) is 0 Å². The molecule has 0 aliphatic carbocycles. The topological polar surface area (TPSA) is 58.5 Å². The van der Waals surface area contributed by atoms with Crippen LogP contribution in [0.4, 0.5) is 0 Å².